The Morgan fingerprint density at radius 3 is 2.14 bits per heavy atom. The first-order valence-corrected chi connectivity index (χ1v) is 9.34. The van der Waals surface area contributed by atoms with Crippen LogP contribution in [0.4, 0.5) is 5.69 Å². The Labute approximate surface area is 169 Å². The van der Waals surface area contributed by atoms with Gasteiger partial charge in [-0.15, -0.1) is 0 Å². The fourth-order valence-electron chi connectivity index (χ4n) is 2.68. The zero-order chi connectivity index (χ0) is 20.8. The Morgan fingerprint density at radius 2 is 1.55 bits per heavy atom. The van der Waals surface area contributed by atoms with Gasteiger partial charge in [0.1, 0.15) is 0 Å². The van der Waals surface area contributed by atoms with E-state index in [-0.39, 0.29) is 17.6 Å². The molecule has 2 aromatic carbocycles. The average Bonchev–Trinajstić information content (AvgIpc) is 3.27. The molecule has 6 heteroatoms. The molecule has 0 unspecified atom stereocenters. The molecule has 3 aromatic rings. The smallest absolute Gasteiger partial charge is 0.291 e. The van der Waals surface area contributed by atoms with Crippen LogP contribution in [0.3, 0.4) is 0 Å². The molecule has 0 saturated carbocycles. The summed E-state index contributed by atoms with van der Waals surface area (Å²) in [6, 6.07) is 17.9. The van der Waals surface area contributed by atoms with Crippen molar-refractivity contribution in [2.45, 2.75) is 26.7 Å². The van der Waals surface area contributed by atoms with E-state index in [0.717, 1.165) is 5.56 Å². The van der Waals surface area contributed by atoms with Crippen LogP contribution in [0.15, 0.2) is 76.4 Å². The van der Waals surface area contributed by atoms with E-state index < -0.39 is 0 Å². The average molecular weight is 389 g/mol. The molecule has 0 spiro atoms. The predicted molar refractivity (Wildman–Crippen MR) is 113 cm³/mol. The highest BCUT2D eigenvalue weighted by molar-refractivity contribution is 6.03. The summed E-state index contributed by atoms with van der Waals surface area (Å²) in [4.78, 5) is 24.3. The second kappa shape index (κ2) is 9.01. The minimum absolute atomic E-state index is 0.246. The number of nitrogens with zero attached hydrogens (tertiary/aromatic N) is 1. The molecular weight excluding hydrogens is 366 g/mol. The van der Waals surface area contributed by atoms with Crippen molar-refractivity contribution in [3.05, 3.63) is 89.4 Å². The summed E-state index contributed by atoms with van der Waals surface area (Å²) < 4.78 is 5.07. The minimum Gasteiger partial charge on any atom is -0.459 e. The van der Waals surface area contributed by atoms with Gasteiger partial charge in [-0.2, -0.15) is 5.10 Å². The molecule has 1 aromatic heterocycles. The topological polar surface area (TPSA) is 83.7 Å². The van der Waals surface area contributed by atoms with Crippen LogP contribution in [-0.4, -0.2) is 17.5 Å². The Balaban J connectivity index is 1.60. The molecule has 0 aliphatic carbocycles. The summed E-state index contributed by atoms with van der Waals surface area (Å²) in [6.07, 6.45) is 1.45. The molecule has 2 amide bonds. The van der Waals surface area contributed by atoms with Crippen molar-refractivity contribution < 1.29 is 14.0 Å². The van der Waals surface area contributed by atoms with Crippen molar-refractivity contribution in [3.63, 3.8) is 0 Å². The number of furan rings is 1. The van der Waals surface area contributed by atoms with Crippen molar-refractivity contribution in [2.24, 2.45) is 5.10 Å². The molecule has 6 nitrogen and oxygen atoms in total. The largest absolute Gasteiger partial charge is 0.459 e. The molecule has 0 aliphatic rings. The van der Waals surface area contributed by atoms with Gasteiger partial charge < -0.3 is 9.73 Å². The summed E-state index contributed by atoms with van der Waals surface area (Å²) >= 11 is 0. The zero-order valence-electron chi connectivity index (χ0n) is 16.6. The molecular formula is C23H23N3O3. The Kier molecular flexibility index (Phi) is 6.24. The third-order valence-electron chi connectivity index (χ3n) is 4.47. The van der Waals surface area contributed by atoms with E-state index >= 15 is 0 Å². The maximum Gasteiger partial charge on any atom is 0.291 e. The first-order chi connectivity index (χ1) is 13.9. The van der Waals surface area contributed by atoms with Gasteiger partial charge >= 0.3 is 0 Å². The van der Waals surface area contributed by atoms with Crippen LogP contribution >= 0.6 is 0 Å². The van der Waals surface area contributed by atoms with Crippen molar-refractivity contribution in [3.8, 4) is 0 Å². The van der Waals surface area contributed by atoms with Crippen LogP contribution in [0.5, 0.6) is 0 Å². The number of amides is 2. The number of hydrogen-bond donors (Lipinski definition) is 2. The Bertz CT molecular complexity index is 1000. The molecule has 0 atom stereocenters. The quantitative estimate of drug-likeness (QED) is 0.469. The molecule has 1 heterocycles. The third-order valence-corrected chi connectivity index (χ3v) is 4.47. The van der Waals surface area contributed by atoms with Gasteiger partial charge in [0.2, 0.25) is 0 Å². The summed E-state index contributed by atoms with van der Waals surface area (Å²) in [5.41, 5.74) is 6.44. The molecule has 0 aliphatic heterocycles. The van der Waals surface area contributed by atoms with E-state index in [1.807, 2.05) is 24.3 Å². The summed E-state index contributed by atoms with van der Waals surface area (Å²) in [5, 5.41) is 6.93. The second-order valence-corrected chi connectivity index (χ2v) is 6.92. The number of hydrazone groups is 1. The Hall–Kier alpha value is -3.67. The normalized spacial score (nSPS) is 11.4. The minimum atomic E-state index is -0.316. The summed E-state index contributed by atoms with van der Waals surface area (Å²) in [7, 11) is 0. The van der Waals surface area contributed by atoms with Gasteiger partial charge in [0.05, 0.1) is 12.0 Å². The highest BCUT2D eigenvalue weighted by atomic mass is 16.3. The molecule has 0 saturated heterocycles. The summed E-state index contributed by atoms with van der Waals surface area (Å²) in [5.74, 6) is 0.0843. The van der Waals surface area contributed by atoms with E-state index in [4.69, 9.17) is 4.42 Å². The van der Waals surface area contributed by atoms with Crippen molar-refractivity contribution in [2.75, 3.05) is 5.32 Å². The lowest BCUT2D eigenvalue weighted by atomic mass is 10.0. The number of carbonyl (C=O) groups is 2. The molecule has 2 N–H and O–H groups in total. The molecule has 3 rings (SSSR count). The Morgan fingerprint density at radius 1 is 0.897 bits per heavy atom. The molecule has 148 valence electrons. The van der Waals surface area contributed by atoms with E-state index in [1.54, 1.807) is 43.3 Å². The third kappa shape index (κ3) is 5.19. The van der Waals surface area contributed by atoms with Crippen LogP contribution in [0.2, 0.25) is 0 Å². The van der Waals surface area contributed by atoms with Gasteiger partial charge in [0, 0.05) is 11.3 Å². The van der Waals surface area contributed by atoms with Crippen LogP contribution in [-0.2, 0) is 0 Å². The summed E-state index contributed by atoms with van der Waals surface area (Å²) in [6.45, 7) is 6.02. The van der Waals surface area contributed by atoms with Crippen molar-refractivity contribution >= 4 is 23.2 Å². The number of hydrogen-bond acceptors (Lipinski definition) is 4. The lowest BCUT2D eigenvalue weighted by Gasteiger charge is -2.07. The van der Waals surface area contributed by atoms with Gasteiger partial charge in [-0.25, -0.2) is 5.43 Å². The lowest BCUT2D eigenvalue weighted by Crippen LogP contribution is -2.19. The molecule has 0 bridgehead atoms. The highest BCUT2D eigenvalue weighted by Crippen LogP contribution is 2.15. The van der Waals surface area contributed by atoms with Gasteiger partial charge in [-0.3, -0.25) is 9.59 Å². The maximum atomic E-state index is 12.3. The van der Waals surface area contributed by atoms with E-state index in [9.17, 15) is 9.59 Å². The van der Waals surface area contributed by atoms with Gasteiger partial charge in [-0.05, 0) is 60.4 Å². The lowest BCUT2D eigenvalue weighted by molar-refractivity contribution is 0.0953. The van der Waals surface area contributed by atoms with Crippen LogP contribution in [0.1, 0.15) is 58.7 Å². The van der Waals surface area contributed by atoms with Crippen molar-refractivity contribution in [1.29, 1.82) is 0 Å². The van der Waals surface area contributed by atoms with Crippen LogP contribution < -0.4 is 10.7 Å². The molecule has 29 heavy (non-hydrogen) atoms. The van der Waals surface area contributed by atoms with Gasteiger partial charge in [0.15, 0.2) is 5.76 Å². The molecule has 0 radical (unpaired) electrons. The number of carbonyl (C=O) groups excluding carboxylic acids is 2. The SMILES string of the molecule is CC(=NNC(=O)c1ccc(C(C)C)cc1)c1ccc(NC(=O)c2ccco2)cc1. The number of benzene rings is 2. The fourth-order valence-corrected chi connectivity index (χ4v) is 2.68. The second-order valence-electron chi connectivity index (χ2n) is 6.92. The van der Waals surface area contributed by atoms with Crippen molar-refractivity contribution in [1.82, 2.24) is 5.43 Å². The monoisotopic (exact) mass is 389 g/mol. The molecule has 0 fully saturated rings. The number of anilines is 1. The first kappa shape index (κ1) is 20.1. The van der Waals surface area contributed by atoms with Crippen LogP contribution in [0.25, 0.3) is 0 Å². The van der Waals surface area contributed by atoms with E-state index in [0.29, 0.717) is 22.9 Å². The fraction of sp³-hybridized carbons (Fsp3) is 0.174. The predicted octanol–water partition coefficient (Wildman–Crippen LogP) is 4.81. The van der Waals surface area contributed by atoms with Crippen LogP contribution in [0, 0.1) is 0 Å². The van der Waals surface area contributed by atoms with Gasteiger partial charge in [-0.1, -0.05) is 38.1 Å². The number of nitrogens with one attached hydrogen (secondary N) is 2. The zero-order valence-corrected chi connectivity index (χ0v) is 16.6. The standard InChI is InChI=1S/C23H23N3O3/c1-15(2)17-6-8-19(9-7-17)22(27)26-25-16(3)18-10-12-20(13-11-18)24-23(28)21-5-4-14-29-21/h4-15H,1-3H3,(H,24,28)(H,26,27). The van der Waals surface area contributed by atoms with E-state index in [1.165, 1.54) is 11.8 Å². The number of rotatable bonds is 6. The highest BCUT2D eigenvalue weighted by Gasteiger charge is 2.09. The van der Waals surface area contributed by atoms with Gasteiger partial charge in [0.25, 0.3) is 11.8 Å². The first-order valence-electron chi connectivity index (χ1n) is 9.34. The maximum absolute atomic E-state index is 12.3. The van der Waals surface area contributed by atoms with E-state index in [2.05, 4.69) is 29.7 Å².